The van der Waals surface area contributed by atoms with Gasteiger partial charge in [-0.3, -0.25) is 0 Å². The Labute approximate surface area is 148 Å². The van der Waals surface area contributed by atoms with Gasteiger partial charge in [0.25, 0.3) is 0 Å². The normalized spacial score (nSPS) is 19.3. The summed E-state index contributed by atoms with van der Waals surface area (Å²) in [5.74, 6) is -0.195. The molecule has 2 aliphatic heterocycles. The van der Waals surface area contributed by atoms with Crippen LogP contribution in [-0.4, -0.2) is 40.7 Å². The Morgan fingerprint density at radius 1 is 1.33 bits per heavy atom. The number of fused-ring (bicyclic) bond motifs is 2. The van der Waals surface area contributed by atoms with E-state index in [4.69, 9.17) is 16.3 Å². The van der Waals surface area contributed by atoms with Gasteiger partial charge < -0.3 is 14.7 Å². The molecule has 2 aromatic rings. The highest BCUT2D eigenvalue weighted by Gasteiger charge is 2.43. The van der Waals surface area contributed by atoms with Crippen LogP contribution in [0.4, 0.5) is 5.95 Å². The van der Waals surface area contributed by atoms with Gasteiger partial charge in [0.15, 0.2) is 0 Å². The van der Waals surface area contributed by atoms with Gasteiger partial charge in [-0.2, -0.15) is 0 Å². The summed E-state index contributed by atoms with van der Waals surface area (Å²) in [5, 5.41) is 9.79. The van der Waals surface area contributed by atoms with Crippen LogP contribution >= 0.6 is 22.9 Å². The van der Waals surface area contributed by atoms with Gasteiger partial charge in [-0.05, 0) is 30.9 Å². The number of nitrogens with zero attached hydrogens (tertiary/aromatic N) is 3. The second-order valence-electron chi connectivity index (χ2n) is 6.05. The van der Waals surface area contributed by atoms with E-state index in [0.29, 0.717) is 22.5 Å². The fourth-order valence-corrected chi connectivity index (χ4v) is 4.78. The summed E-state index contributed by atoms with van der Waals surface area (Å²) in [5.41, 5.74) is 0.759. The van der Waals surface area contributed by atoms with Gasteiger partial charge in [-0.1, -0.05) is 11.6 Å². The maximum atomic E-state index is 11.3. The number of hydrogen-bond donors (Lipinski definition) is 1. The number of aromatic nitrogens is 2. The average Bonchev–Trinajstić information content (AvgIpc) is 3.03. The number of carboxylic acid groups (broad SMARTS) is 1. The van der Waals surface area contributed by atoms with Crippen molar-refractivity contribution in [1.82, 2.24) is 9.97 Å². The number of rotatable bonds is 2. The number of aromatic carboxylic acids is 1. The predicted octanol–water partition coefficient (Wildman–Crippen LogP) is 2.96. The summed E-state index contributed by atoms with van der Waals surface area (Å²) in [7, 11) is 0. The summed E-state index contributed by atoms with van der Waals surface area (Å²) in [6, 6.07) is 1.81. The van der Waals surface area contributed by atoms with E-state index in [2.05, 4.69) is 14.9 Å². The number of ether oxygens (including phenoxy) is 1. The van der Waals surface area contributed by atoms with Crippen molar-refractivity contribution in [3.63, 3.8) is 0 Å². The van der Waals surface area contributed by atoms with E-state index in [9.17, 15) is 9.90 Å². The maximum Gasteiger partial charge on any atom is 0.345 e. The van der Waals surface area contributed by atoms with Gasteiger partial charge in [0, 0.05) is 18.0 Å². The van der Waals surface area contributed by atoms with Crippen molar-refractivity contribution >= 4 is 34.9 Å². The lowest BCUT2D eigenvalue weighted by Gasteiger charge is -2.43. The van der Waals surface area contributed by atoms with Gasteiger partial charge >= 0.3 is 5.97 Å². The van der Waals surface area contributed by atoms with Crippen molar-refractivity contribution < 1.29 is 14.6 Å². The Hall–Kier alpha value is -1.70. The van der Waals surface area contributed by atoms with Crippen molar-refractivity contribution in [1.29, 1.82) is 0 Å². The third-order valence-electron chi connectivity index (χ3n) is 4.64. The standard InChI is InChI=1S/C16H16ClN3O3S/c17-11-8-18-15(19-9-11)20-4-2-16(3-5-20)13-10(1-6-23-16)7-12(24-13)14(21)22/h7-9H,1-6H2,(H,21,22). The number of piperidine rings is 1. The van der Waals surface area contributed by atoms with E-state index in [0.717, 1.165) is 42.8 Å². The molecule has 6 nitrogen and oxygen atoms in total. The van der Waals surface area contributed by atoms with Gasteiger partial charge in [0.2, 0.25) is 5.95 Å². The number of anilines is 1. The average molecular weight is 366 g/mol. The molecule has 1 N–H and O–H groups in total. The molecule has 0 saturated carbocycles. The van der Waals surface area contributed by atoms with Crippen LogP contribution in [0, 0.1) is 0 Å². The first-order chi connectivity index (χ1) is 11.6. The highest BCUT2D eigenvalue weighted by molar-refractivity contribution is 7.14. The third kappa shape index (κ3) is 2.66. The first kappa shape index (κ1) is 15.8. The van der Waals surface area contributed by atoms with Gasteiger partial charge in [-0.25, -0.2) is 14.8 Å². The van der Waals surface area contributed by atoms with Crippen LogP contribution < -0.4 is 4.90 Å². The van der Waals surface area contributed by atoms with E-state index in [1.165, 1.54) is 11.3 Å². The molecular formula is C16H16ClN3O3S. The molecule has 0 radical (unpaired) electrons. The molecule has 0 aliphatic carbocycles. The minimum Gasteiger partial charge on any atom is -0.477 e. The monoisotopic (exact) mass is 365 g/mol. The smallest absolute Gasteiger partial charge is 0.345 e. The molecule has 8 heteroatoms. The second-order valence-corrected chi connectivity index (χ2v) is 7.54. The Morgan fingerprint density at radius 3 is 2.71 bits per heavy atom. The zero-order chi connectivity index (χ0) is 16.7. The minimum atomic E-state index is -0.864. The van der Waals surface area contributed by atoms with Crippen LogP contribution in [0.2, 0.25) is 5.02 Å². The molecule has 2 aliphatic rings. The molecular weight excluding hydrogens is 350 g/mol. The van der Waals surface area contributed by atoms with E-state index in [1.807, 2.05) is 0 Å². The molecule has 1 saturated heterocycles. The molecule has 1 spiro atoms. The second kappa shape index (κ2) is 5.98. The van der Waals surface area contributed by atoms with Crippen molar-refractivity contribution in [3.8, 4) is 0 Å². The summed E-state index contributed by atoms with van der Waals surface area (Å²) in [6.07, 6.45) is 5.58. The topological polar surface area (TPSA) is 75.5 Å². The van der Waals surface area contributed by atoms with Crippen LogP contribution in [-0.2, 0) is 16.8 Å². The molecule has 0 atom stereocenters. The quantitative estimate of drug-likeness (QED) is 0.881. The van der Waals surface area contributed by atoms with E-state index in [1.54, 1.807) is 18.5 Å². The molecule has 126 valence electrons. The molecule has 0 unspecified atom stereocenters. The van der Waals surface area contributed by atoms with Gasteiger partial charge in [0.1, 0.15) is 10.5 Å². The molecule has 4 rings (SSSR count). The zero-order valence-corrected chi connectivity index (χ0v) is 14.4. The summed E-state index contributed by atoms with van der Waals surface area (Å²) in [6.45, 7) is 2.17. The van der Waals surface area contributed by atoms with Crippen molar-refractivity contribution in [2.75, 3.05) is 24.6 Å². The molecule has 0 bridgehead atoms. The molecule has 2 aromatic heterocycles. The Bertz CT molecular complexity index is 769. The van der Waals surface area contributed by atoms with E-state index in [-0.39, 0.29) is 5.60 Å². The molecule has 24 heavy (non-hydrogen) atoms. The van der Waals surface area contributed by atoms with E-state index < -0.39 is 5.97 Å². The Kier molecular flexibility index (Phi) is 3.94. The zero-order valence-electron chi connectivity index (χ0n) is 12.9. The summed E-state index contributed by atoms with van der Waals surface area (Å²) >= 11 is 7.20. The number of carboxylic acids is 1. The fraction of sp³-hybridized carbons (Fsp3) is 0.438. The Balaban J connectivity index is 1.57. The molecule has 4 heterocycles. The number of halogens is 1. The molecule has 0 amide bonds. The van der Waals surface area contributed by atoms with Crippen LogP contribution in [0.1, 0.15) is 33.0 Å². The highest BCUT2D eigenvalue weighted by Crippen LogP contribution is 2.45. The van der Waals surface area contributed by atoms with Crippen LogP contribution in [0.3, 0.4) is 0 Å². The number of hydrogen-bond acceptors (Lipinski definition) is 6. The highest BCUT2D eigenvalue weighted by atomic mass is 35.5. The third-order valence-corrected chi connectivity index (χ3v) is 6.19. The largest absolute Gasteiger partial charge is 0.477 e. The first-order valence-corrected chi connectivity index (χ1v) is 9.00. The molecule has 1 fully saturated rings. The van der Waals surface area contributed by atoms with Crippen molar-refractivity contribution in [2.45, 2.75) is 24.9 Å². The lowest BCUT2D eigenvalue weighted by atomic mass is 9.85. The SMILES string of the molecule is O=C(O)c1cc2c(s1)C1(CCN(c3ncc(Cl)cn3)CC1)OCC2. The summed E-state index contributed by atoms with van der Waals surface area (Å²) < 4.78 is 6.16. The van der Waals surface area contributed by atoms with Gasteiger partial charge in [-0.15, -0.1) is 11.3 Å². The fourth-order valence-electron chi connectivity index (χ4n) is 3.44. The predicted molar refractivity (Wildman–Crippen MR) is 91.1 cm³/mol. The lowest BCUT2D eigenvalue weighted by molar-refractivity contribution is -0.0736. The maximum absolute atomic E-state index is 11.3. The van der Waals surface area contributed by atoms with Crippen molar-refractivity contribution in [3.05, 3.63) is 38.8 Å². The first-order valence-electron chi connectivity index (χ1n) is 7.80. The van der Waals surface area contributed by atoms with Crippen LogP contribution in [0.5, 0.6) is 0 Å². The van der Waals surface area contributed by atoms with Crippen molar-refractivity contribution in [2.24, 2.45) is 0 Å². The minimum absolute atomic E-state index is 0.366. The summed E-state index contributed by atoms with van der Waals surface area (Å²) in [4.78, 5) is 23.4. The number of carbonyl (C=O) groups is 1. The molecule has 0 aromatic carbocycles. The lowest BCUT2D eigenvalue weighted by Crippen LogP contribution is -2.46. The Morgan fingerprint density at radius 2 is 2.04 bits per heavy atom. The van der Waals surface area contributed by atoms with Crippen LogP contribution in [0.25, 0.3) is 0 Å². The number of thiophene rings is 1. The van der Waals surface area contributed by atoms with Crippen LogP contribution in [0.15, 0.2) is 18.5 Å². The van der Waals surface area contributed by atoms with E-state index >= 15 is 0 Å². The van der Waals surface area contributed by atoms with Gasteiger partial charge in [0.05, 0.1) is 24.0 Å².